The normalized spacial score (nSPS) is 16.7. The molecule has 2 N–H and O–H groups in total. The number of guanidine groups is 1. The van der Waals surface area contributed by atoms with Gasteiger partial charge in [-0.05, 0) is 18.6 Å². The molecule has 2 rings (SSSR count). The Kier molecular flexibility index (Phi) is 12.0. The molecular formula is C19H31IN4O3. The van der Waals surface area contributed by atoms with Crippen molar-refractivity contribution in [3.05, 3.63) is 35.9 Å². The van der Waals surface area contributed by atoms with Crippen LogP contribution in [0.1, 0.15) is 16.8 Å². The van der Waals surface area contributed by atoms with Crippen LogP contribution in [-0.2, 0) is 9.47 Å². The van der Waals surface area contributed by atoms with Crippen molar-refractivity contribution in [2.45, 2.75) is 6.42 Å². The highest BCUT2D eigenvalue weighted by molar-refractivity contribution is 14.0. The fourth-order valence-electron chi connectivity index (χ4n) is 2.93. The molecule has 1 aliphatic heterocycles. The molecule has 0 spiro atoms. The third-order valence-electron chi connectivity index (χ3n) is 4.31. The molecule has 1 unspecified atom stereocenters. The van der Waals surface area contributed by atoms with E-state index in [9.17, 15) is 4.79 Å². The number of ether oxygens (including phenoxy) is 2. The predicted molar refractivity (Wildman–Crippen MR) is 118 cm³/mol. The minimum Gasteiger partial charge on any atom is -0.382 e. The zero-order valence-electron chi connectivity index (χ0n) is 16.1. The molecule has 0 aliphatic carbocycles. The van der Waals surface area contributed by atoms with Crippen LogP contribution in [0.3, 0.4) is 0 Å². The summed E-state index contributed by atoms with van der Waals surface area (Å²) in [6, 6.07) is 9.23. The highest BCUT2D eigenvalue weighted by atomic mass is 127. The Hall–Kier alpha value is -1.39. The van der Waals surface area contributed by atoms with Gasteiger partial charge < -0.3 is 25.0 Å². The van der Waals surface area contributed by atoms with E-state index in [1.807, 2.05) is 18.2 Å². The molecule has 152 valence electrons. The van der Waals surface area contributed by atoms with Crippen molar-refractivity contribution in [1.82, 2.24) is 15.5 Å². The highest BCUT2D eigenvalue weighted by Crippen LogP contribution is 2.16. The second-order valence-corrected chi connectivity index (χ2v) is 6.26. The van der Waals surface area contributed by atoms with Gasteiger partial charge in [0.25, 0.3) is 5.91 Å². The standard InChI is InChI=1S/C19H30N4O3.HI/c1-20-19(23-11-8-16(14-23)15-26-13-12-25-2)22-10-9-21-18(24)17-6-4-3-5-7-17;/h3-7,16H,8-15H2,1-2H3,(H,20,22)(H,21,24);1H. The summed E-state index contributed by atoms with van der Waals surface area (Å²) in [6.45, 7) is 5.11. The van der Waals surface area contributed by atoms with E-state index in [0.717, 1.165) is 32.1 Å². The zero-order chi connectivity index (χ0) is 18.6. The first-order chi connectivity index (χ1) is 12.7. The second-order valence-electron chi connectivity index (χ2n) is 6.26. The number of amides is 1. The molecule has 0 radical (unpaired) electrons. The molecule has 1 fully saturated rings. The topological polar surface area (TPSA) is 75.2 Å². The Morgan fingerprint density at radius 3 is 2.67 bits per heavy atom. The van der Waals surface area contributed by atoms with Gasteiger partial charge in [0.1, 0.15) is 0 Å². The van der Waals surface area contributed by atoms with E-state index in [2.05, 4.69) is 20.5 Å². The van der Waals surface area contributed by atoms with Gasteiger partial charge in [-0.25, -0.2) is 0 Å². The maximum Gasteiger partial charge on any atom is 0.251 e. The SMILES string of the molecule is CN=C(NCCNC(=O)c1ccccc1)N1CCC(COCCOC)C1.I. The molecule has 7 nitrogen and oxygen atoms in total. The van der Waals surface area contributed by atoms with Gasteiger partial charge in [0.05, 0.1) is 19.8 Å². The Labute approximate surface area is 178 Å². The summed E-state index contributed by atoms with van der Waals surface area (Å²) in [7, 11) is 3.46. The molecule has 1 aliphatic rings. The Morgan fingerprint density at radius 1 is 1.22 bits per heavy atom. The molecule has 0 saturated carbocycles. The van der Waals surface area contributed by atoms with Gasteiger partial charge in [-0.2, -0.15) is 0 Å². The fourth-order valence-corrected chi connectivity index (χ4v) is 2.93. The quantitative estimate of drug-likeness (QED) is 0.238. The summed E-state index contributed by atoms with van der Waals surface area (Å²) in [4.78, 5) is 18.6. The molecule has 0 bridgehead atoms. The van der Waals surface area contributed by atoms with Gasteiger partial charge >= 0.3 is 0 Å². The van der Waals surface area contributed by atoms with Crippen LogP contribution in [0.15, 0.2) is 35.3 Å². The number of hydrogen-bond donors (Lipinski definition) is 2. The van der Waals surface area contributed by atoms with Crippen molar-refractivity contribution in [3.8, 4) is 0 Å². The monoisotopic (exact) mass is 490 g/mol. The average Bonchev–Trinajstić information content (AvgIpc) is 3.14. The summed E-state index contributed by atoms with van der Waals surface area (Å²) in [5.74, 6) is 1.33. The number of carbonyl (C=O) groups excluding carboxylic acids is 1. The third kappa shape index (κ3) is 8.44. The minimum absolute atomic E-state index is 0. The van der Waals surface area contributed by atoms with Gasteiger partial charge in [-0.3, -0.25) is 9.79 Å². The second kappa shape index (κ2) is 13.7. The predicted octanol–water partition coefficient (Wildman–Crippen LogP) is 1.59. The molecule has 1 amide bonds. The number of nitrogens with one attached hydrogen (secondary N) is 2. The lowest BCUT2D eigenvalue weighted by Gasteiger charge is -2.21. The van der Waals surface area contributed by atoms with Crippen molar-refractivity contribution in [2.24, 2.45) is 10.9 Å². The first-order valence-corrected chi connectivity index (χ1v) is 9.10. The van der Waals surface area contributed by atoms with Gasteiger partial charge in [0.15, 0.2) is 5.96 Å². The molecule has 27 heavy (non-hydrogen) atoms. The lowest BCUT2D eigenvalue weighted by molar-refractivity contribution is 0.0536. The van der Waals surface area contributed by atoms with E-state index in [-0.39, 0.29) is 29.9 Å². The van der Waals surface area contributed by atoms with Crippen LogP contribution >= 0.6 is 24.0 Å². The summed E-state index contributed by atoms with van der Waals surface area (Å²) in [5.41, 5.74) is 0.674. The van der Waals surface area contributed by atoms with Crippen LogP contribution in [0.5, 0.6) is 0 Å². The molecule has 1 saturated heterocycles. The lowest BCUT2D eigenvalue weighted by atomic mass is 10.1. The molecule has 8 heteroatoms. The van der Waals surface area contributed by atoms with Crippen LogP contribution in [0, 0.1) is 5.92 Å². The maximum atomic E-state index is 12.0. The largest absolute Gasteiger partial charge is 0.382 e. The third-order valence-corrected chi connectivity index (χ3v) is 4.31. The van der Waals surface area contributed by atoms with Crippen LogP contribution in [0.2, 0.25) is 0 Å². The van der Waals surface area contributed by atoms with Crippen molar-refractivity contribution in [3.63, 3.8) is 0 Å². The van der Waals surface area contributed by atoms with Gasteiger partial charge in [0, 0.05) is 51.8 Å². The number of benzene rings is 1. The number of likely N-dealkylation sites (tertiary alicyclic amines) is 1. The van der Waals surface area contributed by atoms with Gasteiger partial charge in [-0.15, -0.1) is 24.0 Å². The number of halogens is 1. The molecule has 1 aromatic rings. The fraction of sp³-hybridized carbons (Fsp3) is 0.579. The van der Waals surface area contributed by atoms with Crippen LogP contribution < -0.4 is 10.6 Å². The molecule has 0 aromatic heterocycles. The van der Waals surface area contributed by atoms with Crippen LogP contribution in [0.4, 0.5) is 0 Å². The average molecular weight is 490 g/mol. The number of carbonyl (C=O) groups is 1. The summed E-state index contributed by atoms with van der Waals surface area (Å²) < 4.78 is 10.6. The van der Waals surface area contributed by atoms with E-state index in [1.165, 1.54) is 0 Å². The van der Waals surface area contributed by atoms with Crippen LogP contribution in [-0.4, -0.2) is 76.9 Å². The Bertz CT molecular complexity index is 571. The number of hydrogen-bond acceptors (Lipinski definition) is 4. The van der Waals surface area contributed by atoms with E-state index in [0.29, 0.717) is 37.8 Å². The molecule has 1 atom stereocenters. The first-order valence-electron chi connectivity index (χ1n) is 9.10. The van der Waals surface area contributed by atoms with E-state index < -0.39 is 0 Å². The molecule has 1 heterocycles. The number of rotatable bonds is 9. The Morgan fingerprint density at radius 2 is 1.96 bits per heavy atom. The zero-order valence-corrected chi connectivity index (χ0v) is 18.5. The van der Waals surface area contributed by atoms with Crippen molar-refractivity contribution >= 4 is 35.8 Å². The summed E-state index contributed by atoms with van der Waals surface area (Å²) in [6.07, 6.45) is 1.10. The highest BCUT2D eigenvalue weighted by Gasteiger charge is 2.24. The van der Waals surface area contributed by atoms with Gasteiger partial charge in [-0.1, -0.05) is 18.2 Å². The maximum absolute atomic E-state index is 12.0. The van der Waals surface area contributed by atoms with Crippen molar-refractivity contribution in [1.29, 1.82) is 0 Å². The van der Waals surface area contributed by atoms with Gasteiger partial charge in [0.2, 0.25) is 0 Å². The number of aliphatic imine (C=N–C) groups is 1. The van der Waals surface area contributed by atoms with Crippen molar-refractivity contribution in [2.75, 3.05) is 60.2 Å². The smallest absolute Gasteiger partial charge is 0.251 e. The molecule has 1 aromatic carbocycles. The minimum atomic E-state index is -0.0585. The Balaban J connectivity index is 0.00000364. The summed E-state index contributed by atoms with van der Waals surface area (Å²) >= 11 is 0. The lowest BCUT2D eigenvalue weighted by Crippen LogP contribution is -2.43. The van der Waals surface area contributed by atoms with E-state index in [4.69, 9.17) is 9.47 Å². The summed E-state index contributed by atoms with van der Waals surface area (Å²) in [5, 5.41) is 6.23. The number of nitrogens with zero attached hydrogens (tertiary/aromatic N) is 2. The van der Waals surface area contributed by atoms with E-state index >= 15 is 0 Å². The van der Waals surface area contributed by atoms with E-state index in [1.54, 1.807) is 26.3 Å². The number of methoxy groups -OCH3 is 1. The van der Waals surface area contributed by atoms with Crippen molar-refractivity contribution < 1.29 is 14.3 Å². The molecular weight excluding hydrogens is 459 g/mol. The first kappa shape index (κ1) is 23.6. The van der Waals surface area contributed by atoms with Crippen LogP contribution in [0.25, 0.3) is 0 Å².